The van der Waals surface area contributed by atoms with E-state index in [1.165, 1.54) is 36.4 Å². The van der Waals surface area contributed by atoms with Crippen LogP contribution in [0.4, 0.5) is 0 Å². The van der Waals surface area contributed by atoms with Crippen molar-refractivity contribution in [2.24, 2.45) is 0 Å². The molecule has 322 valence electrons. The second kappa shape index (κ2) is 15.6. The third kappa shape index (κ3) is 6.16. The summed E-state index contributed by atoms with van der Waals surface area (Å²) in [6.45, 7) is 0. The SMILES string of the molecule is [2H]c1ccc(-c2cc(-c3ccccc3)cc(-c3nc(-c4c(-n5c6c([2H])c([2H])c([2H])c([2H])c6c6c([2H])c([2H])c([2H])c([2H])c65)cccc4-n4c5c([2H])c([2H])c([2H])c([2H])c5c5c([2H])c([2H])c([2H])c([2H])c54)nc(-n4c5c([2H])c([2H])c([2H])c([2H])c5c5c([2H])c([2H])c([2H])c([2H])c54)n3)c2)c([2H])c1[2H]. The monoisotopic (exact) mass is 908 g/mol. The van der Waals surface area contributed by atoms with Crippen LogP contribution in [0.5, 0.6) is 0 Å². The maximum atomic E-state index is 9.66. The standard InChI is InChI=1S/C63H40N6/c1-3-20-41(21-4-1)43-38-44(42-22-5-2-6-23-42)40-45(39-43)61-64-62(66-63(65-61)69-56-34-17-11-28-50(56)51-29-12-18-35-57(51)69)60-58(67-52-30-13-7-24-46(52)47-25-8-14-31-53(47)67)36-19-37-59(60)68-54-32-15-9-26-48(54)49-27-10-16-33-55(49)68/h1-40H/i1D,3D,7D,8D,9D,10D,11D,12D,13D,14D,15D,16D,17D,18D,20D,24D,25D,26D,27D,28D,29D,30D,31D,32D,33D,34D,35D. The van der Waals surface area contributed by atoms with Crippen molar-refractivity contribution >= 4 is 65.4 Å². The molecule has 0 aliphatic carbocycles. The summed E-state index contributed by atoms with van der Waals surface area (Å²) in [5.41, 5.74) is -2.75. The van der Waals surface area contributed by atoms with Gasteiger partial charge in [-0.15, -0.1) is 0 Å². The number of rotatable bonds is 7. The van der Waals surface area contributed by atoms with E-state index in [0.29, 0.717) is 11.1 Å². The van der Waals surface area contributed by atoms with Crippen molar-refractivity contribution in [1.82, 2.24) is 28.7 Å². The fourth-order valence-electron chi connectivity index (χ4n) is 8.97. The van der Waals surface area contributed by atoms with E-state index < -0.39 is 240 Å². The third-order valence-corrected chi connectivity index (χ3v) is 11.9. The van der Waals surface area contributed by atoms with Crippen LogP contribution in [-0.4, -0.2) is 28.7 Å². The van der Waals surface area contributed by atoms with Crippen molar-refractivity contribution in [3.05, 3.63) is 242 Å². The number of para-hydroxylation sites is 6. The van der Waals surface area contributed by atoms with Gasteiger partial charge in [0.1, 0.15) is 0 Å². The first kappa shape index (κ1) is 20.6. The first-order valence-corrected chi connectivity index (χ1v) is 21.2. The van der Waals surface area contributed by atoms with Crippen molar-refractivity contribution in [2.45, 2.75) is 0 Å². The van der Waals surface area contributed by atoms with E-state index in [2.05, 4.69) is 0 Å². The second-order valence-electron chi connectivity index (χ2n) is 15.6. The zero-order chi connectivity index (χ0) is 68.9. The van der Waals surface area contributed by atoms with E-state index in [0.717, 1.165) is 13.7 Å². The molecule has 0 bridgehead atoms. The minimum absolute atomic E-state index is 0.0147. The molecule has 0 aliphatic heterocycles. The van der Waals surface area contributed by atoms with Gasteiger partial charge >= 0.3 is 0 Å². The molecule has 14 aromatic rings. The van der Waals surface area contributed by atoms with Crippen molar-refractivity contribution in [3.63, 3.8) is 0 Å². The maximum Gasteiger partial charge on any atom is 0.238 e. The zero-order valence-electron chi connectivity index (χ0n) is 62.2. The molecule has 0 atom stereocenters. The molecule has 6 nitrogen and oxygen atoms in total. The predicted octanol–water partition coefficient (Wildman–Crippen LogP) is 15.8. The van der Waals surface area contributed by atoms with Crippen LogP contribution in [0, 0.1) is 0 Å². The molecule has 0 saturated carbocycles. The van der Waals surface area contributed by atoms with Gasteiger partial charge in [0.25, 0.3) is 0 Å². The van der Waals surface area contributed by atoms with Gasteiger partial charge in [0.2, 0.25) is 5.95 Å². The van der Waals surface area contributed by atoms with Gasteiger partial charge in [0.15, 0.2) is 11.6 Å². The quantitative estimate of drug-likeness (QED) is 0.160. The molecule has 6 heteroatoms. The van der Waals surface area contributed by atoms with Crippen LogP contribution < -0.4 is 0 Å². The molecule has 0 fully saturated rings. The molecule has 0 spiro atoms. The van der Waals surface area contributed by atoms with E-state index in [1.54, 1.807) is 42.5 Å². The average molecular weight is 908 g/mol. The smallest absolute Gasteiger partial charge is 0.238 e. The molecular formula is C63H40N6. The Morgan fingerprint density at radius 2 is 0.681 bits per heavy atom. The Balaban J connectivity index is 1.28. The molecule has 0 amide bonds. The molecule has 4 heterocycles. The third-order valence-electron chi connectivity index (χ3n) is 11.9. The molecule has 4 aromatic heterocycles. The lowest BCUT2D eigenvalue weighted by atomic mass is 9.96. The van der Waals surface area contributed by atoms with Crippen LogP contribution in [0.2, 0.25) is 0 Å². The second-order valence-corrected chi connectivity index (χ2v) is 15.6. The highest BCUT2D eigenvalue weighted by Crippen LogP contribution is 2.43. The van der Waals surface area contributed by atoms with Crippen molar-refractivity contribution in [1.29, 1.82) is 0 Å². The average Bonchev–Trinajstić information content (AvgIpc) is 1.54. The maximum absolute atomic E-state index is 9.66. The molecule has 10 aromatic carbocycles. The van der Waals surface area contributed by atoms with Crippen LogP contribution >= 0.6 is 0 Å². The molecule has 0 aliphatic rings. The number of hydrogen-bond acceptors (Lipinski definition) is 3. The van der Waals surface area contributed by atoms with Gasteiger partial charge < -0.3 is 9.13 Å². The van der Waals surface area contributed by atoms with Crippen molar-refractivity contribution in [3.8, 4) is 62.4 Å². The van der Waals surface area contributed by atoms with E-state index in [1.807, 2.05) is 0 Å². The lowest BCUT2D eigenvalue weighted by Crippen LogP contribution is -2.10. The zero-order valence-corrected chi connectivity index (χ0v) is 35.2. The van der Waals surface area contributed by atoms with Crippen molar-refractivity contribution < 1.29 is 37.0 Å². The predicted molar refractivity (Wildman–Crippen MR) is 285 cm³/mol. The fourth-order valence-corrected chi connectivity index (χ4v) is 8.97. The topological polar surface area (TPSA) is 53.5 Å². The molecule has 0 saturated heterocycles. The van der Waals surface area contributed by atoms with Gasteiger partial charge in [-0.05, 0) is 88.8 Å². The molecule has 0 unspecified atom stereocenters. The highest BCUT2D eigenvalue weighted by atomic mass is 15.2. The minimum atomic E-state index is -0.844. The Kier molecular flexibility index (Phi) is 4.67. The minimum Gasteiger partial charge on any atom is -0.308 e. The summed E-state index contributed by atoms with van der Waals surface area (Å²) < 4.78 is 251. The Labute approximate surface area is 435 Å². The highest BCUT2D eigenvalue weighted by Gasteiger charge is 2.26. The fraction of sp³-hybridized carbons (Fsp3) is 0. The lowest BCUT2D eigenvalue weighted by molar-refractivity contribution is 0.949. The summed E-state index contributed by atoms with van der Waals surface area (Å²) in [7, 11) is 0. The summed E-state index contributed by atoms with van der Waals surface area (Å²) in [6, 6.07) is 0.00942. The van der Waals surface area contributed by atoms with E-state index >= 15 is 0 Å². The largest absolute Gasteiger partial charge is 0.308 e. The van der Waals surface area contributed by atoms with Crippen LogP contribution in [-0.2, 0) is 0 Å². The van der Waals surface area contributed by atoms with Crippen LogP contribution in [0.3, 0.4) is 0 Å². The van der Waals surface area contributed by atoms with E-state index in [-0.39, 0.29) is 40.1 Å². The summed E-state index contributed by atoms with van der Waals surface area (Å²) in [4.78, 5) is 15.3. The van der Waals surface area contributed by atoms with E-state index in [9.17, 15) is 16.4 Å². The number of aromatic nitrogens is 6. The normalized spacial score (nSPS) is 17.2. The van der Waals surface area contributed by atoms with Gasteiger partial charge in [0.05, 0.1) is 87.0 Å². The van der Waals surface area contributed by atoms with Crippen molar-refractivity contribution in [2.75, 3.05) is 0 Å². The number of benzene rings is 10. The molecule has 0 radical (unpaired) electrons. The van der Waals surface area contributed by atoms with Crippen LogP contribution in [0.15, 0.2) is 242 Å². The van der Waals surface area contributed by atoms with Gasteiger partial charge in [-0.3, -0.25) is 4.57 Å². The highest BCUT2D eigenvalue weighted by molar-refractivity contribution is 6.12. The Morgan fingerprint density at radius 3 is 1.17 bits per heavy atom. The lowest BCUT2D eigenvalue weighted by Gasteiger charge is -2.20. The van der Waals surface area contributed by atoms with Crippen LogP contribution in [0.25, 0.3) is 128 Å². The number of fused-ring (bicyclic) bond motifs is 9. The van der Waals surface area contributed by atoms with Gasteiger partial charge in [-0.1, -0.05) is 175 Å². The number of nitrogens with zero attached hydrogens (tertiary/aromatic N) is 6. The first-order chi connectivity index (χ1) is 45.4. The van der Waals surface area contributed by atoms with Gasteiger partial charge in [-0.25, -0.2) is 4.98 Å². The Bertz CT molecular complexity index is 5530. The summed E-state index contributed by atoms with van der Waals surface area (Å²) in [5, 5.41) is -2.52. The van der Waals surface area contributed by atoms with E-state index in [4.69, 9.17) is 35.5 Å². The molecule has 0 N–H and O–H groups in total. The molecular weight excluding hydrogens is 841 g/mol. The molecule has 14 rings (SSSR count). The van der Waals surface area contributed by atoms with Gasteiger partial charge in [0, 0.05) is 37.9 Å². The van der Waals surface area contributed by atoms with Crippen LogP contribution in [0.1, 0.15) is 37.0 Å². The summed E-state index contributed by atoms with van der Waals surface area (Å²) in [5.74, 6) is -1.76. The summed E-state index contributed by atoms with van der Waals surface area (Å²) >= 11 is 0. The van der Waals surface area contributed by atoms with Gasteiger partial charge in [-0.2, -0.15) is 9.97 Å². The number of hydrogen-bond donors (Lipinski definition) is 0. The Morgan fingerprint density at radius 1 is 0.290 bits per heavy atom. The molecule has 69 heavy (non-hydrogen) atoms. The Hall–Kier alpha value is -9.39. The summed E-state index contributed by atoms with van der Waals surface area (Å²) in [6.07, 6.45) is 0. The first-order valence-electron chi connectivity index (χ1n) is 34.7.